The predicted molar refractivity (Wildman–Crippen MR) is 79.6 cm³/mol. The van der Waals surface area contributed by atoms with E-state index >= 15 is 0 Å². The minimum atomic E-state index is -0.0348. The van der Waals surface area contributed by atoms with Crippen molar-refractivity contribution in [3.63, 3.8) is 0 Å². The van der Waals surface area contributed by atoms with Crippen LogP contribution in [-0.4, -0.2) is 15.5 Å². The van der Waals surface area contributed by atoms with Gasteiger partial charge in [0.2, 0.25) is 0 Å². The topological polar surface area (TPSA) is 46.9 Å². The van der Waals surface area contributed by atoms with Crippen LogP contribution >= 0.6 is 0 Å². The number of nitrogens with one attached hydrogen (secondary N) is 1. The number of rotatable bonds is 5. The Morgan fingerprint density at radius 2 is 2.00 bits per heavy atom. The number of nitrogens with zero attached hydrogens (tertiary/aromatic N) is 2. The molecule has 4 nitrogen and oxygen atoms in total. The quantitative estimate of drug-likeness (QED) is 0.906. The maximum atomic E-state index is 12.4. The van der Waals surface area contributed by atoms with Crippen molar-refractivity contribution in [3.05, 3.63) is 54.1 Å². The molecule has 4 heteroatoms. The number of carbonyl (C=O) groups excluding carboxylic acids is 1. The Bertz CT molecular complexity index is 560. The monoisotopic (exact) mass is 271 g/mol. The fourth-order valence-corrected chi connectivity index (χ4v) is 2.29. The summed E-state index contributed by atoms with van der Waals surface area (Å²) in [6.07, 6.45) is 6.28. The summed E-state index contributed by atoms with van der Waals surface area (Å²) in [6, 6.07) is 7.93. The van der Waals surface area contributed by atoms with Crippen LogP contribution in [-0.2, 0) is 0 Å². The van der Waals surface area contributed by atoms with Crippen LogP contribution < -0.4 is 5.32 Å². The van der Waals surface area contributed by atoms with E-state index in [4.69, 9.17) is 0 Å². The summed E-state index contributed by atoms with van der Waals surface area (Å²) < 4.78 is 1.98. The molecule has 0 spiro atoms. The number of amides is 1. The Balaban J connectivity index is 2.16. The highest BCUT2D eigenvalue weighted by atomic mass is 16.2. The second-order valence-corrected chi connectivity index (χ2v) is 5.11. The first-order chi connectivity index (χ1) is 9.63. The summed E-state index contributed by atoms with van der Waals surface area (Å²) in [4.78, 5) is 16.4. The molecule has 2 aromatic heterocycles. The average Bonchev–Trinajstić information content (AvgIpc) is 2.95. The normalized spacial score (nSPS) is 12.4. The molecule has 2 rings (SSSR count). The van der Waals surface area contributed by atoms with Gasteiger partial charge in [-0.3, -0.25) is 9.78 Å². The highest BCUT2D eigenvalue weighted by Gasteiger charge is 2.17. The number of pyridine rings is 1. The van der Waals surface area contributed by atoms with Crippen LogP contribution in [0, 0.1) is 0 Å². The lowest BCUT2D eigenvalue weighted by Gasteiger charge is -2.19. The largest absolute Gasteiger partial charge is 0.344 e. The van der Waals surface area contributed by atoms with E-state index in [9.17, 15) is 4.79 Å². The molecule has 1 unspecified atom stereocenters. The van der Waals surface area contributed by atoms with Crippen LogP contribution in [0.5, 0.6) is 0 Å². The minimum Gasteiger partial charge on any atom is -0.344 e. The molecule has 20 heavy (non-hydrogen) atoms. The highest BCUT2D eigenvalue weighted by Crippen LogP contribution is 2.17. The van der Waals surface area contributed by atoms with E-state index in [1.54, 1.807) is 12.4 Å². The summed E-state index contributed by atoms with van der Waals surface area (Å²) in [6.45, 7) is 6.20. The first-order valence-corrected chi connectivity index (χ1v) is 7.01. The van der Waals surface area contributed by atoms with Gasteiger partial charge in [0.25, 0.3) is 5.91 Å². The summed E-state index contributed by atoms with van der Waals surface area (Å²) in [7, 11) is 0. The van der Waals surface area contributed by atoms with Gasteiger partial charge in [-0.25, -0.2) is 0 Å². The maximum absolute atomic E-state index is 12.4. The Morgan fingerprint density at radius 3 is 2.60 bits per heavy atom. The van der Waals surface area contributed by atoms with E-state index in [0.29, 0.717) is 5.69 Å². The van der Waals surface area contributed by atoms with Gasteiger partial charge >= 0.3 is 0 Å². The van der Waals surface area contributed by atoms with Crippen LogP contribution in [0.3, 0.4) is 0 Å². The van der Waals surface area contributed by atoms with Crippen molar-refractivity contribution in [2.75, 3.05) is 0 Å². The number of aromatic nitrogens is 2. The molecule has 0 fully saturated rings. The van der Waals surface area contributed by atoms with Gasteiger partial charge in [-0.15, -0.1) is 0 Å². The van der Waals surface area contributed by atoms with Crippen molar-refractivity contribution in [2.24, 2.45) is 0 Å². The average molecular weight is 271 g/mol. The molecule has 2 aromatic rings. The van der Waals surface area contributed by atoms with Gasteiger partial charge in [0.1, 0.15) is 5.69 Å². The predicted octanol–water partition coefficient (Wildman–Crippen LogP) is 3.35. The lowest BCUT2D eigenvalue weighted by molar-refractivity contribution is 0.0924. The zero-order valence-corrected chi connectivity index (χ0v) is 12.2. The van der Waals surface area contributed by atoms with E-state index in [0.717, 1.165) is 12.0 Å². The number of hydrogen-bond acceptors (Lipinski definition) is 2. The van der Waals surface area contributed by atoms with Crippen LogP contribution in [0.25, 0.3) is 0 Å². The summed E-state index contributed by atoms with van der Waals surface area (Å²) in [5.41, 5.74) is 1.78. The lowest BCUT2D eigenvalue weighted by Crippen LogP contribution is -2.30. The molecule has 2 heterocycles. The second kappa shape index (κ2) is 6.37. The van der Waals surface area contributed by atoms with Gasteiger partial charge in [0.15, 0.2) is 0 Å². The van der Waals surface area contributed by atoms with Crippen LogP contribution in [0.15, 0.2) is 42.9 Å². The molecule has 0 saturated heterocycles. The van der Waals surface area contributed by atoms with Gasteiger partial charge < -0.3 is 9.88 Å². The van der Waals surface area contributed by atoms with E-state index in [1.165, 1.54) is 0 Å². The fraction of sp³-hybridized carbons (Fsp3) is 0.375. The third-order valence-corrected chi connectivity index (χ3v) is 3.39. The maximum Gasteiger partial charge on any atom is 0.268 e. The molecular formula is C16H21N3O. The molecule has 1 N–H and O–H groups in total. The molecule has 0 aliphatic rings. The van der Waals surface area contributed by atoms with E-state index < -0.39 is 0 Å². The molecular weight excluding hydrogens is 250 g/mol. The third-order valence-electron chi connectivity index (χ3n) is 3.39. The number of carbonyl (C=O) groups is 1. The molecule has 0 aliphatic carbocycles. The summed E-state index contributed by atoms with van der Waals surface area (Å²) in [5.74, 6) is -0.0348. The summed E-state index contributed by atoms with van der Waals surface area (Å²) >= 11 is 0. The molecule has 0 aromatic carbocycles. The van der Waals surface area contributed by atoms with Crippen molar-refractivity contribution >= 4 is 5.91 Å². The number of hydrogen-bond donors (Lipinski definition) is 1. The van der Waals surface area contributed by atoms with E-state index in [1.807, 2.05) is 35.0 Å². The van der Waals surface area contributed by atoms with Crippen LogP contribution in [0.1, 0.15) is 55.3 Å². The van der Waals surface area contributed by atoms with Gasteiger partial charge in [-0.2, -0.15) is 0 Å². The zero-order valence-electron chi connectivity index (χ0n) is 12.2. The Kier molecular flexibility index (Phi) is 4.56. The summed E-state index contributed by atoms with van der Waals surface area (Å²) in [5, 5.41) is 3.09. The zero-order chi connectivity index (χ0) is 14.5. The molecule has 0 saturated carbocycles. The van der Waals surface area contributed by atoms with Crippen molar-refractivity contribution in [3.8, 4) is 0 Å². The van der Waals surface area contributed by atoms with Crippen molar-refractivity contribution in [2.45, 2.75) is 39.3 Å². The van der Waals surface area contributed by atoms with Gasteiger partial charge in [-0.1, -0.05) is 6.92 Å². The highest BCUT2D eigenvalue weighted by molar-refractivity contribution is 5.93. The van der Waals surface area contributed by atoms with E-state index in [2.05, 4.69) is 31.1 Å². The molecule has 0 aliphatic heterocycles. The molecule has 1 amide bonds. The SMILES string of the molecule is CCC(NC(=O)c1cccn1C(C)C)c1ccncc1. The van der Waals surface area contributed by atoms with Crippen molar-refractivity contribution < 1.29 is 4.79 Å². The molecule has 0 radical (unpaired) electrons. The van der Waals surface area contributed by atoms with Crippen LogP contribution in [0.2, 0.25) is 0 Å². The molecule has 0 bridgehead atoms. The minimum absolute atomic E-state index is 0.0148. The first kappa shape index (κ1) is 14.3. The first-order valence-electron chi connectivity index (χ1n) is 7.01. The Labute approximate surface area is 119 Å². The van der Waals surface area contributed by atoms with Crippen molar-refractivity contribution in [1.29, 1.82) is 0 Å². The van der Waals surface area contributed by atoms with Crippen LogP contribution in [0.4, 0.5) is 0 Å². The third kappa shape index (κ3) is 3.07. The standard InChI is InChI=1S/C16H21N3O/c1-4-14(13-7-9-17-10-8-13)18-16(20)15-6-5-11-19(15)12(2)3/h5-12,14H,4H2,1-3H3,(H,18,20). The van der Waals surface area contributed by atoms with Crippen molar-refractivity contribution in [1.82, 2.24) is 14.9 Å². The van der Waals surface area contributed by atoms with Gasteiger partial charge in [-0.05, 0) is 50.1 Å². The van der Waals surface area contributed by atoms with E-state index in [-0.39, 0.29) is 18.0 Å². The van der Waals surface area contributed by atoms with Gasteiger partial charge in [0, 0.05) is 24.6 Å². The Hall–Kier alpha value is -2.10. The molecule has 1 atom stereocenters. The molecule has 106 valence electrons. The Morgan fingerprint density at radius 1 is 1.30 bits per heavy atom. The smallest absolute Gasteiger partial charge is 0.268 e. The lowest BCUT2D eigenvalue weighted by atomic mass is 10.1. The van der Waals surface area contributed by atoms with Gasteiger partial charge in [0.05, 0.1) is 6.04 Å². The second-order valence-electron chi connectivity index (χ2n) is 5.11. The fourth-order valence-electron chi connectivity index (χ4n) is 2.29.